The van der Waals surface area contributed by atoms with Gasteiger partial charge in [0.15, 0.2) is 0 Å². The summed E-state index contributed by atoms with van der Waals surface area (Å²) in [5, 5.41) is 1.45. The molecular formula is C27H27N5O3. The molecule has 0 fully saturated rings. The van der Waals surface area contributed by atoms with Crippen LogP contribution in [0.15, 0.2) is 59.8 Å². The molecule has 0 amide bonds. The van der Waals surface area contributed by atoms with Crippen molar-refractivity contribution in [3.8, 4) is 34.0 Å². The number of benzene rings is 2. The molecule has 0 saturated carbocycles. The average molecular weight is 470 g/mol. The maximum absolute atomic E-state index is 13.0. The Bertz CT molecular complexity index is 1560. The first-order valence-electron chi connectivity index (χ1n) is 11.2. The average Bonchev–Trinajstić information content (AvgIpc) is 3.30. The first kappa shape index (κ1) is 22.6. The van der Waals surface area contributed by atoms with Crippen LogP contribution in [0.2, 0.25) is 0 Å². The molecule has 2 aromatic carbocycles. The predicted octanol–water partition coefficient (Wildman–Crippen LogP) is 4.22. The van der Waals surface area contributed by atoms with Gasteiger partial charge in [0.2, 0.25) is 0 Å². The van der Waals surface area contributed by atoms with E-state index >= 15 is 0 Å². The fourth-order valence-electron chi connectivity index (χ4n) is 4.45. The zero-order valence-corrected chi connectivity index (χ0v) is 20.4. The van der Waals surface area contributed by atoms with Gasteiger partial charge in [0.25, 0.3) is 5.56 Å². The molecule has 0 bridgehead atoms. The van der Waals surface area contributed by atoms with Crippen LogP contribution in [0.25, 0.3) is 44.3 Å². The molecular weight excluding hydrogens is 442 g/mol. The van der Waals surface area contributed by atoms with Crippen LogP contribution in [-0.4, -0.2) is 52.7 Å². The fourth-order valence-corrected chi connectivity index (χ4v) is 4.45. The molecule has 8 heteroatoms. The summed E-state index contributed by atoms with van der Waals surface area (Å²) in [5.74, 6) is 2.19. The Morgan fingerprint density at radius 3 is 2.40 bits per heavy atom. The van der Waals surface area contributed by atoms with Gasteiger partial charge in [-0.15, -0.1) is 0 Å². The van der Waals surface area contributed by atoms with Gasteiger partial charge in [0.1, 0.15) is 22.8 Å². The maximum atomic E-state index is 13.0. The molecule has 0 atom stereocenters. The number of pyridine rings is 2. The van der Waals surface area contributed by atoms with Crippen molar-refractivity contribution in [2.24, 2.45) is 7.05 Å². The standard InChI is InChI=1S/C27H27N5O3/c1-31(2)14-21-24(34-4)11-17(12-25(21)35-5)20-15-32(3)27(33)18-7-6-16(10-19(18)20)26-29-22-8-9-28-13-23(22)30-26/h6-13,15H,14H2,1-5H3,(H,29,30). The Hall–Kier alpha value is -4.17. The molecule has 3 heterocycles. The topological polar surface area (TPSA) is 85.3 Å². The number of ether oxygens (including phenoxy) is 2. The van der Waals surface area contributed by atoms with Gasteiger partial charge in [-0.25, -0.2) is 4.98 Å². The van der Waals surface area contributed by atoms with E-state index in [9.17, 15) is 4.79 Å². The van der Waals surface area contributed by atoms with E-state index in [1.807, 2.05) is 56.7 Å². The van der Waals surface area contributed by atoms with Gasteiger partial charge in [0.05, 0.1) is 31.5 Å². The van der Waals surface area contributed by atoms with Crippen LogP contribution >= 0.6 is 0 Å². The van der Waals surface area contributed by atoms with Crippen molar-refractivity contribution in [1.29, 1.82) is 0 Å². The van der Waals surface area contributed by atoms with Crippen LogP contribution in [0.1, 0.15) is 5.56 Å². The van der Waals surface area contributed by atoms with Gasteiger partial charge < -0.3 is 23.9 Å². The van der Waals surface area contributed by atoms with Crippen LogP contribution in [0.4, 0.5) is 0 Å². The molecule has 0 spiro atoms. The zero-order chi connectivity index (χ0) is 24.7. The molecule has 0 aliphatic heterocycles. The van der Waals surface area contributed by atoms with E-state index in [0.717, 1.165) is 56.0 Å². The van der Waals surface area contributed by atoms with Gasteiger partial charge in [-0.3, -0.25) is 9.78 Å². The molecule has 178 valence electrons. The number of hydrogen-bond donors (Lipinski definition) is 1. The second kappa shape index (κ2) is 8.88. The first-order valence-corrected chi connectivity index (χ1v) is 11.2. The zero-order valence-electron chi connectivity index (χ0n) is 20.4. The number of fused-ring (bicyclic) bond motifs is 2. The van der Waals surface area contributed by atoms with Crippen molar-refractivity contribution in [2.75, 3.05) is 28.3 Å². The third-order valence-corrected chi connectivity index (χ3v) is 6.14. The minimum Gasteiger partial charge on any atom is -0.496 e. The number of aromatic amines is 1. The number of H-pyrrole nitrogens is 1. The van der Waals surface area contributed by atoms with Gasteiger partial charge >= 0.3 is 0 Å². The highest BCUT2D eigenvalue weighted by Crippen LogP contribution is 2.38. The summed E-state index contributed by atoms with van der Waals surface area (Å²) in [7, 11) is 9.09. The molecule has 0 unspecified atom stereocenters. The number of methoxy groups -OCH3 is 2. The molecule has 1 N–H and O–H groups in total. The number of nitrogens with zero attached hydrogens (tertiary/aromatic N) is 4. The number of aryl methyl sites for hydroxylation is 1. The van der Waals surface area contributed by atoms with Crippen LogP contribution in [0.5, 0.6) is 11.5 Å². The lowest BCUT2D eigenvalue weighted by molar-refractivity contribution is 0.349. The number of rotatable bonds is 6. The lowest BCUT2D eigenvalue weighted by Crippen LogP contribution is -2.16. The Labute approximate surface area is 202 Å². The molecule has 8 nitrogen and oxygen atoms in total. The second-order valence-electron chi connectivity index (χ2n) is 8.79. The van der Waals surface area contributed by atoms with E-state index in [0.29, 0.717) is 11.9 Å². The number of imidazole rings is 1. The SMILES string of the molecule is COc1cc(-c2cn(C)c(=O)c3ccc(-c4nc5cnccc5[nH]4)cc23)cc(OC)c1CN(C)C. The molecule has 5 rings (SSSR count). The van der Waals surface area contributed by atoms with Gasteiger partial charge in [-0.2, -0.15) is 0 Å². The highest BCUT2D eigenvalue weighted by atomic mass is 16.5. The smallest absolute Gasteiger partial charge is 0.258 e. The molecule has 0 aliphatic rings. The number of nitrogens with one attached hydrogen (secondary N) is 1. The highest BCUT2D eigenvalue weighted by molar-refractivity contribution is 5.98. The Morgan fingerprint density at radius 2 is 1.74 bits per heavy atom. The molecule has 0 aliphatic carbocycles. The van der Waals surface area contributed by atoms with E-state index in [-0.39, 0.29) is 5.56 Å². The molecule has 3 aromatic heterocycles. The predicted molar refractivity (Wildman–Crippen MR) is 138 cm³/mol. The van der Waals surface area contributed by atoms with Crippen LogP contribution < -0.4 is 15.0 Å². The van der Waals surface area contributed by atoms with Gasteiger partial charge in [-0.1, -0.05) is 6.07 Å². The van der Waals surface area contributed by atoms with Crippen molar-refractivity contribution in [3.05, 3.63) is 70.9 Å². The summed E-state index contributed by atoms with van der Waals surface area (Å²) in [6.07, 6.45) is 5.31. The highest BCUT2D eigenvalue weighted by Gasteiger charge is 2.18. The monoisotopic (exact) mass is 469 g/mol. The number of hydrogen-bond acceptors (Lipinski definition) is 6. The van der Waals surface area contributed by atoms with Crippen molar-refractivity contribution in [2.45, 2.75) is 6.54 Å². The van der Waals surface area contributed by atoms with E-state index in [4.69, 9.17) is 9.47 Å². The van der Waals surface area contributed by atoms with Crippen molar-refractivity contribution in [1.82, 2.24) is 24.4 Å². The molecule has 35 heavy (non-hydrogen) atoms. The summed E-state index contributed by atoms with van der Waals surface area (Å²) in [4.78, 5) is 27.2. The van der Waals surface area contributed by atoms with E-state index < -0.39 is 0 Å². The summed E-state index contributed by atoms with van der Waals surface area (Å²) >= 11 is 0. The van der Waals surface area contributed by atoms with E-state index in [1.54, 1.807) is 38.2 Å². The fraction of sp³-hybridized carbons (Fsp3) is 0.222. The van der Waals surface area contributed by atoms with Crippen molar-refractivity contribution in [3.63, 3.8) is 0 Å². The quantitative estimate of drug-likeness (QED) is 0.401. The number of aromatic nitrogens is 4. The van der Waals surface area contributed by atoms with Crippen molar-refractivity contribution < 1.29 is 9.47 Å². The lowest BCUT2D eigenvalue weighted by Gasteiger charge is -2.19. The summed E-state index contributed by atoms with van der Waals surface area (Å²) in [5.41, 5.74) is 5.28. The second-order valence-corrected chi connectivity index (χ2v) is 8.79. The third kappa shape index (κ3) is 4.02. The van der Waals surface area contributed by atoms with E-state index in [2.05, 4.69) is 19.9 Å². The minimum absolute atomic E-state index is 0.0627. The summed E-state index contributed by atoms with van der Waals surface area (Å²) in [6, 6.07) is 11.7. The summed E-state index contributed by atoms with van der Waals surface area (Å²) < 4.78 is 13.1. The Balaban J connectivity index is 1.75. The third-order valence-electron chi connectivity index (χ3n) is 6.14. The molecule has 0 saturated heterocycles. The maximum Gasteiger partial charge on any atom is 0.258 e. The Morgan fingerprint density at radius 1 is 1.00 bits per heavy atom. The van der Waals surface area contributed by atoms with Crippen molar-refractivity contribution >= 4 is 21.8 Å². The van der Waals surface area contributed by atoms with Crippen LogP contribution in [0.3, 0.4) is 0 Å². The molecule has 5 aromatic rings. The Kier molecular flexibility index (Phi) is 5.74. The van der Waals surface area contributed by atoms with Gasteiger partial charge in [-0.05, 0) is 55.4 Å². The van der Waals surface area contributed by atoms with E-state index in [1.165, 1.54) is 0 Å². The molecule has 0 radical (unpaired) electrons. The first-order chi connectivity index (χ1) is 16.9. The minimum atomic E-state index is -0.0627. The summed E-state index contributed by atoms with van der Waals surface area (Å²) in [6.45, 7) is 0.672. The lowest BCUT2D eigenvalue weighted by atomic mass is 9.96. The largest absolute Gasteiger partial charge is 0.496 e. The normalized spacial score (nSPS) is 11.5. The van der Waals surface area contributed by atoms with Crippen LogP contribution in [0, 0.1) is 0 Å². The van der Waals surface area contributed by atoms with Crippen LogP contribution in [-0.2, 0) is 13.6 Å². The van der Waals surface area contributed by atoms with Gasteiger partial charge in [0, 0.05) is 42.5 Å².